The summed E-state index contributed by atoms with van der Waals surface area (Å²) < 4.78 is -0.162. The maximum atomic E-state index is 12.5. The Bertz CT molecular complexity index is 519. The minimum atomic E-state index is -0.483. The van der Waals surface area contributed by atoms with E-state index in [2.05, 4.69) is 19.9 Å². The van der Waals surface area contributed by atoms with Crippen LogP contribution in [-0.4, -0.2) is 23.1 Å². The lowest BCUT2D eigenvalue weighted by atomic mass is 9.80. The highest BCUT2D eigenvalue weighted by molar-refractivity contribution is 8.17. The van der Waals surface area contributed by atoms with Crippen molar-refractivity contribution in [2.45, 2.75) is 31.3 Å². The average molecular weight is 308 g/mol. The molecule has 2 rings (SSSR count). The number of thioether (sulfide) groups is 2. The summed E-state index contributed by atoms with van der Waals surface area (Å²) >= 11 is 3.70. The van der Waals surface area contributed by atoms with Gasteiger partial charge in [0.15, 0.2) is 5.78 Å². The monoisotopic (exact) mass is 308 g/mol. The number of hydrogen-bond acceptors (Lipinski definition) is 4. The molecule has 0 saturated carbocycles. The summed E-state index contributed by atoms with van der Waals surface area (Å²) in [4.78, 5) is 24.4. The fraction of sp³-hybridized carbons (Fsp3) is 0.500. The first-order valence-electron chi connectivity index (χ1n) is 6.97. The SMILES string of the molecule is CCSC1(SCC)CC(C(C)=O)C(=O)c2ccccc21. The number of Topliss-reactive ketones (excluding diaryl/α,β-unsaturated/α-hetero) is 2. The van der Waals surface area contributed by atoms with E-state index in [0.717, 1.165) is 22.6 Å². The van der Waals surface area contributed by atoms with Crippen LogP contribution in [0.3, 0.4) is 0 Å². The number of rotatable bonds is 5. The van der Waals surface area contributed by atoms with Gasteiger partial charge in [-0.25, -0.2) is 0 Å². The molecule has 4 heteroatoms. The Balaban J connectivity index is 2.58. The van der Waals surface area contributed by atoms with Crippen LogP contribution in [0.4, 0.5) is 0 Å². The van der Waals surface area contributed by atoms with Crippen LogP contribution in [0.5, 0.6) is 0 Å². The molecule has 0 aromatic heterocycles. The van der Waals surface area contributed by atoms with Gasteiger partial charge in [-0.3, -0.25) is 9.59 Å². The van der Waals surface area contributed by atoms with E-state index in [0.29, 0.717) is 6.42 Å². The Kier molecular flexibility index (Phi) is 4.97. The van der Waals surface area contributed by atoms with E-state index in [9.17, 15) is 9.59 Å². The lowest BCUT2D eigenvalue weighted by Crippen LogP contribution is -2.37. The van der Waals surface area contributed by atoms with Crippen molar-refractivity contribution in [2.24, 2.45) is 5.92 Å². The third kappa shape index (κ3) is 2.68. The molecular formula is C16H20O2S2. The summed E-state index contributed by atoms with van der Waals surface area (Å²) in [6, 6.07) is 7.79. The molecule has 0 amide bonds. The van der Waals surface area contributed by atoms with Crippen molar-refractivity contribution >= 4 is 35.1 Å². The first-order valence-corrected chi connectivity index (χ1v) is 8.95. The summed E-state index contributed by atoms with van der Waals surface area (Å²) in [5.74, 6) is 1.45. The molecule has 1 aromatic rings. The van der Waals surface area contributed by atoms with Gasteiger partial charge in [0.05, 0.1) is 10.00 Å². The molecule has 0 N–H and O–H groups in total. The highest BCUT2D eigenvalue weighted by Crippen LogP contribution is 2.55. The van der Waals surface area contributed by atoms with Crippen molar-refractivity contribution in [2.75, 3.05) is 11.5 Å². The Labute approximate surface area is 129 Å². The van der Waals surface area contributed by atoms with Crippen molar-refractivity contribution in [3.63, 3.8) is 0 Å². The van der Waals surface area contributed by atoms with E-state index in [1.807, 2.05) is 41.7 Å². The molecule has 0 heterocycles. The predicted molar refractivity (Wildman–Crippen MR) is 87.5 cm³/mol. The molecule has 0 radical (unpaired) electrons. The first kappa shape index (κ1) is 15.6. The van der Waals surface area contributed by atoms with Crippen molar-refractivity contribution in [3.8, 4) is 0 Å². The number of carbonyl (C=O) groups is 2. The molecule has 2 nitrogen and oxygen atoms in total. The molecule has 0 aliphatic heterocycles. The number of hydrogen-bond donors (Lipinski definition) is 0. The first-order chi connectivity index (χ1) is 9.55. The third-order valence-corrected chi connectivity index (χ3v) is 6.63. The van der Waals surface area contributed by atoms with Crippen LogP contribution >= 0.6 is 23.5 Å². The Morgan fingerprint density at radius 1 is 1.25 bits per heavy atom. The average Bonchev–Trinajstić information content (AvgIpc) is 2.43. The summed E-state index contributed by atoms with van der Waals surface area (Å²) in [5, 5.41) is 0. The van der Waals surface area contributed by atoms with Gasteiger partial charge in [0.2, 0.25) is 0 Å². The largest absolute Gasteiger partial charge is 0.299 e. The Hall–Kier alpha value is -0.740. The number of carbonyl (C=O) groups excluding carboxylic acids is 2. The Morgan fingerprint density at radius 3 is 2.40 bits per heavy atom. The molecule has 1 unspecified atom stereocenters. The van der Waals surface area contributed by atoms with Crippen molar-refractivity contribution in [1.29, 1.82) is 0 Å². The van der Waals surface area contributed by atoms with E-state index in [1.165, 1.54) is 6.92 Å². The smallest absolute Gasteiger partial charge is 0.173 e. The van der Waals surface area contributed by atoms with E-state index in [1.54, 1.807) is 0 Å². The molecule has 1 aromatic carbocycles. The molecule has 0 bridgehead atoms. The van der Waals surface area contributed by atoms with Gasteiger partial charge in [0, 0.05) is 5.56 Å². The van der Waals surface area contributed by atoms with Crippen molar-refractivity contribution < 1.29 is 9.59 Å². The fourth-order valence-corrected chi connectivity index (χ4v) is 6.01. The Morgan fingerprint density at radius 2 is 1.85 bits per heavy atom. The second-order valence-corrected chi connectivity index (χ2v) is 8.28. The van der Waals surface area contributed by atoms with Gasteiger partial charge < -0.3 is 0 Å². The molecule has 1 aliphatic carbocycles. The molecule has 1 aliphatic rings. The highest BCUT2D eigenvalue weighted by atomic mass is 32.2. The minimum absolute atomic E-state index is 0.00266. The van der Waals surface area contributed by atoms with Crippen LogP contribution in [0, 0.1) is 5.92 Å². The molecule has 20 heavy (non-hydrogen) atoms. The topological polar surface area (TPSA) is 34.1 Å². The van der Waals surface area contributed by atoms with Gasteiger partial charge in [-0.2, -0.15) is 0 Å². The second kappa shape index (κ2) is 6.35. The number of benzene rings is 1. The molecule has 0 fully saturated rings. The number of fused-ring (bicyclic) bond motifs is 1. The molecule has 108 valence electrons. The van der Waals surface area contributed by atoms with Crippen molar-refractivity contribution in [3.05, 3.63) is 35.4 Å². The van der Waals surface area contributed by atoms with E-state index >= 15 is 0 Å². The normalized spacial score (nSPS) is 20.6. The van der Waals surface area contributed by atoms with E-state index in [-0.39, 0.29) is 15.6 Å². The second-order valence-electron chi connectivity index (χ2n) is 4.90. The van der Waals surface area contributed by atoms with Gasteiger partial charge in [0.1, 0.15) is 5.78 Å². The summed E-state index contributed by atoms with van der Waals surface area (Å²) in [6.07, 6.45) is 0.620. The lowest BCUT2D eigenvalue weighted by molar-refractivity contribution is -0.119. The van der Waals surface area contributed by atoms with E-state index < -0.39 is 5.92 Å². The minimum Gasteiger partial charge on any atom is -0.299 e. The molecule has 0 saturated heterocycles. The van der Waals surface area contributed by atoms with Gasteiger partial charge in [-0.05, 0) is 30.4 Å². The zero-order valence-electron chi connectivity index (χ0n) is 12.1. The molecule has 1 atom stereocenters. The molecular weight excluding hydrogens is 288 g/mol. The highest BCUT2D eigenvalue weighted by Gasteiger charge is 2.45. The van der Waals surface area contributed by atoms with Crippen LogP contribution in [0.15, 0.2) is 24.3 Å². The third-order valence-electron chi connectivity index (χ3n) is 3.64. The zero-order chi connectivity index (χ0) is 14.8. The van der Waals surface area contributed by atoms with Crippen LogP contribution < -0.4 is 0 Å². The summed E-state index contributed by atoms with van der Waals surface area (Å²) in [5.41, 5.74) is 1.84. The van der Waals surface area contributed by atoms with Crippen LogP contribution in [0.1, 0.15) is 43.1 Å². The standard InChI is InChI=1S/C16H20O2S2/c1-4-19-16(20-5-2)10-13(11(3)17)15(18)12-8-6-7-9-14(12)16/h6-9,13H,4-5,10H2,1-3H3. The summed E-state index contributed by atoms with van der Waals surface area (Å²) in [6.45, 7) is 5.80. The van der Waals surface area contributed by atoms with Crippen molar-refractivity contribution in [1.82, 2.24) is 0 Å². The van der Waals surface area contributed by atoms with Gasteiger partial charge in [-0.15, -0.1) is 23.5 Å². The maximum Gasteiger partial charge on any atom is 0.173 e. The fourth-order valence-electron chi connectivity index (χ4n) is 2.80. The van der Waals surface area contributed by atoms with Crippen LogP contribution in [0.2, 0.25) is 0 Å². The van der Waals surface area contributed by atoms with Gasteiger partial charge >= 0.3 is 0 Å². The quantitative estimate of drug-likeness (QED) is 0.605. The van der Waals surface area contributed by atoms with Crippen LogP contribution in [-0.2, 0) is 8.87 Å². The summed E-state index contributed by atoms with van der Waals surface area (Å²) in [7, 11) is 0. The molecule has 0 spiro atoms. The van der Waals surface area contributed by atoms with Crippen LogP contribution in [0.25, 0.3) is 0 Å². The number of ketones is 2. The van der Waals surface area contributed by atoms with Gasteiger partial charge in [0.25, 0.3) is 0 Å². The zero-order valence-corrected chi connectivity index (χ0v) is 13.8. The van der Waals surface area contributed by atoms with Gasteiger partial charge in [-0.1, -0.05) is 38.1 Å². The lowest BCUT2D eigenvalue weighted by Gasteiger charge is -2.40. The predicted octanol–water partition coefficient (Wildman–Crippen LogP) is 4.14. The van der Waals surface area contributed by atoms with E-state index in [4.69, 9.17) is 0 Å². The maximum absolute atomic E-state index is 12.5.